The topological polar surface area (TPSA) is 12.0 Å². The van der Waals surface area contributed by atoms with Crippen LogP contribution in [0, 0.1) is 12.7 Å². The fourth-order valence-corrected chi connectivity index (χ4v) is 4.00. The molecule has 19 heavy (non-hydrogen) atoms. The van der Waals surface area contributed by atoms with Gasteiger partial charge >= 0.3 is 0 Å². The molecule has 0 amide bonds. The Hall–Kier alpha value is -0.420. The van der Waals surface area contributed by atoms with E-state index in [0.717, 1.165) is 20.8 Å². The first kappa shape index (κ1) is 15.0. The molecule has 1 aromatic heterocycles. The summed E-state index contributed by atoms with van der Waals surface area (Å²) in [4.78, 5) is 1.16. The second kappa shape index (κ2) is 6.35. The van der Waals surface area contributed by atoms with Crippen LogP contribution >= 0.6 is 38.9 Å². The predicted molar refractivity (Wildman–Crippen MR) is 83.7 cm³/mol. The van der Waals surface area contributed by atoms with Crippen LogP contribution in [0.5, 0.6) is 0 Å². The van der Waals surface area contributed by atoms with Crippen molar-refractivity contribution in [1.29, 1.82) is 0 Å². The standard InChI is InChI=1S/C14H14BrClFNS/c1-3-18-14(10-7-13(15)19-8(10)2)11-6-9(16)4-5-12(11)17/h4-7,14,18H,3H2,1-2H3. The summed E-state index contributed by atoms with van der Waals surface area (Å²) in [5, 5.41) is 3.87. The van der Waals surface area contributed by atoms with E-state index in [1.807, 2.05) is 19.9 Å². The Bertz CT molecular complexity index is 585. The van der Waals surface area contributed by atoms with E-state index in [0.29, 0.717) is 10.6 Å². The average Bonchev–Trinajstić information content (AvgIpc) is 2.69. The van der Waals surface area contributed by atoms with Gasteiger partial charge in [-0.3, -0.25) is 0 Å². The summed E-state index contributed by atoms with van der Waals surface area (Å²) in [6.45, 7) is 4.80. The van der Waals surface area contributed by atoms with Crippen LogP contribution in [0.4, 0.5) is 4.39 Å². The fraction of sp³-hybridized carbons (Fsp3) is 0.286. The number of hydrogen-bond acceptors (Lipinski definition) is 2. The molecule has 0 fully saturated rings. The van der Waals surface area contributed by atoms with E-state index in [1.54, 1.807) is 23.5 Å². The number of nitrogens with one attached hydrogen (secondary N) is 1. The molecule has 0 aliphatic carbocycles. The van der Waals surface area contributed by atoms with Crippen LogP contribution in [0.25, 0.3) is 0 Å². The molecule has 0 bridgehead atoms. The Balaban J connectivity index is 2.51. The minimum atomic E-state index is -0.239. The van der Waals surface area contributed by atoms with Crippen molar-refractivity contribution in [2.75, 3.05) is 6.54 Å². The zero-order valence-electron chi connectivity index (χ0n) is 10.6. The largest absolute Gasteiger partial charge is 0.306 e. The molecule has 1 nitrogen and oxygen atoms in total. The maximum Gasteiger partial charge on any atom is 0.128 e. The van der Waals surface area contributed by atoms with Crippen LogP contribution in [0.15, 0.2) is 28.1 Å². The number of thiophene rings is 1. The van der Waals surface area contributed by atoms with Gasteiger partial charge in [-0.2, -0.15) is 0 Å². The first-order chi connectivity index (χ1) is 9.02. The molecule has 0 aliphatic rings. The highest BCUT2D eigenvalue weighted by Gasteiger charge is 2.20. The summed E-state index contributed by atoms with van der Waals surface area (Å²) in [6.07, 6.45) is 0. The van der Waals surface area contributed by atoms with E-state index >= 15 is 0 Å². The lowest BCUT2D eigenvalue weighted by Gasteiger charge is -2.19. The van der Waals surface area contributed by atoms with Crippen molar-refractivity contribution in [3.63, 3.8) is 0 Å². The summed E-state index contributed by atoms with van der Waals surface area (Å²) in [5.74, 6) is -0.239. The average molecular weight is 363 g/mol. The molecule has 0 spiro atoms. The van der Waals surface area contributed by atoms with E-state index < -0.39 is 0 Å². The molecule has 5 heteroatoms. The van der Waals surface area contributed by atoms with Gasteiger partial charge in [0.05, 0.1) is 9.83 Å². The van der Waals surface area contributed by atoms with E-state index in [-0.39, 0.29) is 11.9 Å². The van der Waals surface area contributed by atoms with Crippen molar-refractivity contribution in [3.8, 4) is 0 Å². The van der Waals surface area contributed by atoms with Gasteiger partial charge < -0.3 is 5.32 Å². The Labute approximate surface area is 129 Å². The minimum absolute atomic E-state index is 0.175. The van der Waals surface area contributed by atoms with Gasteiger partial charge in [-0.15, -0.1) is 11.3 Å². The van der Waals surface area contributed by atoms with E-state index in [4.69, 9.17) is 11.6 Å². The highest BCUT2D eigenvalue weighted by Crippen LogP contribution is 2.35. The molecule has 1 aromatic carbocycles. The van der Waals surface area contributed by atoms with Gasteiger partial charge in [-0.05, 0) is 59.2 Å². The van der Waals surface area contributed by atoms with Crippen molar-refractivity contribution in [2.45, 2.75) is 19.9 Å². The molecule has 2 aromatic rings. The van der Waals surface area contributed by atoms with Crippen molar-refractivity contribution in [1.82, 2.24) is 5.32 Å². The maximum atomic E-state index is 14.1. The van der Waals surface area contributed by atoms with Crippen LogP contribution in [0.3, 0.4) is 0 Å². The van der Waals surface area contributed by atoms with Crippen LogP contribution in [-0.4, -0.2) is 6.54 Å². The molecule has 1 atom stereocenters. The maximum absolute atomic E-state index is 14.1. The van der Waals surface area contributed by atoms with Crippen LogP contribution in [0.2, 0.25) is 5.02 Å². The van der Waals surface area contributed by atoms with Crippen LogP contribution < -0.4 is 5.32 Å². The SMILES string of the molecule is CCNC(c1cc(Cl)ccc1F)c1cc(Br)sc1C. The summed E-state index contributed by atoms with van der Waals surface area (Å²) >= 11 is 11.1. The Kier molecular flexibility index (Phi) is 5.01. The zero-order valence-corrected chi connectivity index (χ0v) is 13.8. The first-order valence-corrected chi connectivity index (χ1v) is 7.95. The third-order valence-electron chi connectivity index (χ3n) is 2.91. The lowest BCUT2D eigenvalue weighted by atomic mass is 9.99. The first-order valence-electron chi connectivity index (χ1n) is 5.97. The van der Waals surface area contributed by atoms with E-state index in [9.17, 15) is 4.39 Å². The molecule has 102 valence electrons. The molecule has 0 saturated carbocycles. The molecule has 0 saturated heterocycles. The molecule has 0 radical (unpaired) electrons. The monoisotopic (exact) mass is 361 g/mol. The van der Waals surface area contributed by atoms with Crippen LogP contribution in [-0.2, 0) is 0 Å². The molecular weight excluding hydrogens is 349 g/mol. The van der Waals surface area contributed by atoms with Gasteiger partial charge in [-0.25, -0.2) is 4.39 Å². The Morgan fingerprint density at radius 2 is 2.11 bits per heavy atom. The summed E-state index contributed by atoms with van der Waals surface area (Å²) in [7, 11) is 0. The molecule has 1 unspecified atom stereocenters. The zero-order chi connectivity index (χ0) is 14.0. The van der Waals surface area contributed by atoms with Crippen LogP contribution in [0.1, 0.15) is 29.0 Å². The second-order valence-corrected chi connectivity index (χ2v) is 7.29. The molecule has 1 heterocycles. The highest BCUT2D eigenvalue weighted by molar-refractivity contribution is 9.11. The van der Waals surface area contributed by atoms with Gasteiger partial charge in [0.1, 0.15) is 5.82 Å². The Morgan fingerprint density at radius 1 is 1.37 bits per heavy atom. The van der Waals surface area contributed by atoms with Gasteiger partial charge in [0.15, 0.2) is 0 Å². The lowest BCUT2D eigenvalue weighted by molar-refractivity contribution is 0.559. The third kappa shape index (κ3) is 3.37. The van der Waals surface area contributed by atoms with E-state index in [1.165, 1.54) is 6.07 Å². The van der Waals surface area contributed by atoms with Crippen molar-refractivity contribution < 1.29 is 4.39 Å². The van der Waals surface area contributed by atoms with Gasteiger partial charge in [0, 0.05) is 15.5 Å². The second-order valence-electron chi connectivity index (χ2n) is 4.22. The Morgan fingerprint density at radius 3 is 2.68 bits per heavy atom. The quantitative estimate of drug-likeness (QED) is 0.777. The highest BCUT2D eigenvalue weighted by atomic mass is 79.9. The summed E-state index contributed by atoms with van der Waals surface area (Å²) in [6, 6.07) is 6.53. The molecule has 0 aliphatic heterocycles. The number of aryl methyl sites for hydroxylation is 1. The summed E-state index contributed by atoms with van der Waals surface area (Å²) in [5.41, 5.74) is 1.67. The van der Waals surface area contributed by atoms with Gasteiger partial charge in [-0.1, -0.05) is 18.5 Å². The number of benzene rings is 1. The summed E-state index contributed by atoms with van der Waals surface area (Å²) < 4.78 is 15.1. The predicted octanol–water partition coefficient (Wildman–Crippen LogP) is 5.31. The van der Waals surface area contributed by atoms with Crippen molar-refractivity contribution in [3.05, 3.63) is 54.9 Å². The van der Waals surface area contributed by atoms with E-state index in [2.05, 4.69) is 21.2 Å². The van der Waals surface area contributed by atoms with Gasteiger partial charge in [0.2, 0.25) is 0 Å². The normalized spacial score (nSPS) is 12.7. The van der Waals surface area contributed by atoms with Crippen molar-refractivity contribution in [2.24, 2.45) is 0 Å². The third-order valence-corrected chi connectivity index (χ3v) is 4.72. The number of halogens is 3. The molecular formula is C14H14BrClFNS. The number of rotatable bonds is 4. The number of hydrogen-bond donors (Lipinski definition) is 1. The fourth-order valence-electron chi connectivity index (χ4n) is 2.07. The van der Waals surface area contributed by atoms with Crippen molar-refractivity contribution >= 4 is 38.9 Å². The van der Waals surface area contributed by atoms with Gasteiger partial charge in [0.25, 0.3) is 0 Å². The molecule has 1 N–H and O–H groups in total. The molecule has 2 rings (SSSR count). The smallest absolute Gasteiger partial charge is 0.128 e. The minimum Gasteiger partial charge on any atom is -0.306 e. The lowest BCUT2D eigenvalue weighted by Crippen LogP contribution is -2.23.